The van der Waals surface area contributed by atoms with Crippen LogP contribution in [0.15, 0.2) is 18.2 Å². The molecule has 1 aromatic rings. The summed E-state index contributed by atoms with van der Waals surface area (Å²) in [7, 11) is 0. The molecule has 1 heterocycles. The highest BCUT2D eigenvalue weighted by Gasteiger charge is 2.27. The molecule has 2 rings (SSSR count). The van der Waals surface area contributed by atoms with Gasteiger partial charge < -0.3 is 10.0 Å². The fraction of sp³-hybridized carbons (Fsp3) is 0.429. The lowest BCUT2D eigenvalue weighted by Crippen LogP contribution is -2.48. The van der Waals surface area contributed by atoms with E-state index in [0.29, 0.717) is 36.8 Å². The minimum Gasteiger partial charge on any atom is -0.508 e. The van der Waals surface area contributed by atoms with Crippen LogP contribution < -0.4 is 0 Å². The van der Waals surface area contributed by atoms with Crippen molar-refractivity contribution >= 4 is 17.5 Å². The zero-order valence-corrected chi connectivity index (χ0v) is 12.0. The third-order valence-corrected chi connectivity index (χ3v) is 3.77. The Morgan fingerprint density at radius 1 is 1.40 bits per heavy atom. The Hall–Kier alpha value is -1.77. The van der Waals surface area contributed by atoms with E-state index in [1.165, 1.54) is 6.07 Å². The van der Waals surface area contributed by atoms with Gasteiger partial charge in [0.25, 0.3) is 0 Å². The number of aromatic hydroxyl groups is 1. The minimum absolute atomic E-state index is 0.0451. The van der Waals surface area contributed by atoms with Crippen LogP contribution in [-0.2, 0) is 4.79 Å². The van der Waals surface area contributed by atoms with Crippen LogP contribution in [0.3, 0.4) is 0 Å². The fourth-order valence-electron chi connectivity index (χ4n) is 2.39. The number of rotatable bonds is 2. The molecular weight excluding hydrogens is 278 g/mol. The summed E-state index contributed by atoms with van der Waals surface area (Å²) in [5, 5.41) is 19.8. The van der Waals surface area contributed by atoms with E-state index in [9.17, 15) is 15.2 Å². The molecule has 1 saturated heterocycles. The van der Waals surface area contributed by atoms with E-state index in [-0.39, 0.29) is 11.7 Å². The van der Waals surface area contributed by atoms with Crippen molar-refractivity contribution in [3.8, 4) is 11.8 Å². The van der Waals surface area contributed by atoms with Crippen LogP contribution in [-0.4, -0.2) is 47.0 Å². The Morgan fingerprint density at radius 3 is 2.60 bits per heavy atom. The summed E-state index contributed by atoms with van der Waals surface area (Å²) in [5.41, 5.74) is 0.510. The summed E-state index contributed by atoms with van der Waals surface area (Å²) in [4.78, 5) is 15.0. The van der Waals surface area contributed by atoms with Gasteiger partial charge >= 0.3 is 0 Å². The molecule has 1 fully saturated rings. The maximum absolute atomic E-state index is 11.3. The van der Waals surface area contributed by atoms with Crippen LogP contribution in [0, 0.1) is 11.3 Å². The highest BCUT2D eigenvalue weighted by molar-refractivity contribution is 6.30. The second-order valence-electron chi connectivity index (χ2n) is 4.78. The first-order valence-electron chi connectivity index (χ1n) is 6.40. The number of amides is 1. The zero-order valence-electron chi connectivity index (χ0n) is 11.2. The minimum atomic E-state index is -0.553. The Kier molecular flexibility index (Phi) is 4.48. The molecule has 0 radical (unpaired) electrons. The first-order chi connectivity index (χ1) is 9.52. The summed E-state index contributed by atoms with van der Waals surface area (Å²) in [6, 6.07) is 6.34. The van der Waals surface area contributed by atoms with E-state index in [1.54, 1.807) is 24.0 Å². The number of phenols is 1. The molecule has 1 N–H and O–H groups in total. The number of hydrogen-bond acceptors (Lipinski definition) is 4. The second-order valence-corrected chi connectivity index (χ2v) is 5.21. The van der Waals surface area contributed by atoms with Crippen molar-refractivity contribution in [1.29, 1.82) is 5.26 Å². The molecule has 1 aliphatic rings. The molecule has 20 heavy (non-hydrogen) atoms. The molecule has 0 spiro atoms. The topological polar surface area (TPSA) is 67.6 Å². The average molecular weight is 294 g/mol. The van der Waals surface area contributed by atoms with Crippen LogP contribution in [0.4, 0.5) is 0 Å². The number of carbonyl (C=O) groups excluding carboxylic acids is 1. The summed E-state index contributed by atoms with van der Waals surface area (Å²) in [6.45, 7) is 3.93. The Bertz CT molecular complexity index is 548. The van der Waals surface area contributed by atoms with Crippen molar-refractivity contribution < 1.29 is 9.90 Å². The summed E-state index contributed by atoms with van der Waals surface area (Å²) in [5.74, 6) is 0.110. The molecule has 0 aliphatic carbocycles. The van der Waals surface area contributed by atoms with Gasteiger partial charge in [0, 0.05) is 43.7 Å². The lowest BCUT2D eigenvalue weighted by atomic mass is 10.0. The molecule has 6 heteroatoms. The standard InChI is InChI=1S/C14H16ClN3O2/c1-10(19)17-4-6-18(7-5-17)13(9-16)12-8-11(15)2-3-14(12)20/h2-3,8,13,20H,4-7H2,1H3. The van der Waals surface area contributed by atoms with Gasteiger partial charge in [-0.25, -0.2) is 0 Å². The first kappa shape index (κ1) is 14.6. The van der Waals surface area contributed by atoms with Crippen LogP contribution in [0.5, 0.6) is 5.75 Å². The number of nitrogens with zero attached hydrogens (tertiary/aromatic N) is 3. The van der Waals surface area contributed by atoms with Gasteiger partial charge in [0.2, 0.25) is 5.91 Å². The van der Waals surface area contributed by atoms with E-state index in [0.717, 1.165) is 0 Å². The van der Waals surface area contributed by atoms with Crippen LogP contribution in [0.2, 0.25) is 5.02 Å². The number of hydrogen-bond donors (Lipinski definition) is 1. The van der Waals surface area contributed by atoms with E-state index in [2.05, 4.69) is 6.07 Å². The largest absolute Gasteiger partial charge is 0.508 e. The van der Waals surface area contributed by atoms with Gasteiger partial charge in [0.1, 0.15) is 11.8 Å². The van der Waals surface area contributed by atoms with Gasteiger partial charge in [-0.05, 0) is 18.2 Å². The van der Waals surface area contributed by atoms with Crippen LogP contribution >= 0.6 is 11.6 Å². The lowest BCUT2D eigenvalue weighted by molar-refractivity contribution is -0.130. The summed E-state index contributed by atoms with van der Waals surface area (Å²) < 4.78 is 0. The number of nitriles is 1. The van der Waals surface area contributed by atoms with Gasteiger partial charge in [-0.15, -0.1) is 0 Å². The van der Waals surface area contributed by atoms with E-state index in [1.807, 2.05) is 4.90 Å². The molecule has 0 saturated carbocycles. The Morgan fingerprint density at radius 2 is 2.05 bits per heavy atom. The maximum atomic E-state index is 11.3. The molecule has 5 nitrogen and oxygen atoms in total. The van der Waals surface area contributed by atoms with Crippen LogP contribution in [0.25, 0.3) is 0 Å². The second kappa shape index (κ2) is 6.12. The van der Waals surface area contributed by atoms with Gasteiger partial charge in [0.05, 0.1) is 6.07 Å². The van der Waals surface area contributed by atoms with Gasteiger partial charge in [-0.3, -0.25) is 9.69 Å². The third kappa shape index (κ3) is 3.03. The number of piperazine rings is 1. The van der Waals surface area contributed by atoms with Crippen molar-refractivity contribution in [2.24, 2.45) is 0 Å². The summed E-state index contributed by atoms with van der Waals surface area (Å²) >= 11 is 5.93. The molecule has 1 aliphatic heterocycles. The molecular formula is C14H16ClN3O2. The highest BCUT2D eigenvalue weighted by Crippen LogP contribution is 2.31. The van der Waals surface area contributed by atoms with E-state index >= 15 is 0 Å². The maximum Gasteiger partial charge on any atom is 0.219 e. The fourth-order valence-corrected chi connectivity index (χ4v) is 2.57. The van der Waals surface area contributed by atoms with Crippen molar-refractivity contribution in [3.63, 3.8) is 0 Å². The SMILES string of the molecule is CC(=O)N1CCN(C(C#N)c2cc(Cl)ccc2O)CC1. The van der Waals surface area contributed by atoms with Crippen molar-refractivity contribution in [1.82, 2.24) is 9.80 Å². The molecule has 106 valence electrons. The van der Waals surface area contributed by atoms with Crippen molar-refractivity contribution in [2.75, 3.05) is 26.2 Å². The van der Waals surface area contributed by atoms with Gasteiger partial charge in [-0.2, -0.15) is 5.26 Å². The molecule has 1 amide bonds. The molecule has 1 aromatic carbocycles. The monoisotopic (exact) mass is 293 g/mol. The number of phenolic OH excluding ortho intramolecular Hbond substituents is 1. The molecule has 0 aromatic heterocycles. The van der Waals surface area contributed by atoms with E-state index in [4.69, 9.17) is 11.6 Å². The zero-order chi connectivity index (χ0) is 14.7. The number of carbonyl (C=O) groups is 1. The molecule has 1 atom stereocenters. The number of halogens is 1. The Balaban J connectivity index is 2.16. The van der Waals surface area contributed by atoms with Gasteiger partial charge in [0.15, 0.2) is 0 Å². The third-order valence-electron chi connectivity index (χ3n) is 3.53. The molecule has 1 unspecified atom stereocenters. The van der Waals surface area contributed by atoms with Gasteiger partial charge in [-0.1, -0.05) is 11.6 Å². The smallest absolute Gasteiger partial charge is 0.219 e. The quantitative estimate of drug-likeness (QED) is 0.902. The normalized spacial score (nSPS) is 17.6. The predicted molar refractivity (Wildman–Crippen MR) is 75.3 cm³/mol. The summed E-state index contributed by atoms with van der Waals surface area (Å²) in [6.07, 6.45) is 0. The first-order valence-corrected chi connectivity index (χ1v) is 6.78. The van der Waals surface area contributed by atoms with Crippen molar-refractivity contribution in [2.45, 2.75) is 13.0 Å². The number of benzene rings is 1. The van der Waals surface area contributed by atoms with Crippen molar-refractivity contribution in [3.05, 3.63) is 28.8 Å². The van der Waals surface area contributed by atoms with E-state index < -0.39 is 6.04 Å². The average Bonchev–Trinajstić information content (AvgIpc) is 2.44. The Labute approximate surface area is 123 Å². The predicted octanol–water partition coefficient (Wildman–Crippen LogP) is 1.77. The lowest BCUT2D eigenvalue weighted by Gasteiger charge is -2.36. The van der Waals surface area contributed by atoms with Crippen LogP contribution in [0.1, 0.15) is 18.5 Å². The molecule has 0 bridgehead atoms. The highest BCUT2D eigenvalue weighted by atomic mass is 35.5.